The molecule has 0 radical (unpaired) electrons. The first kappa shape index (κ1) is 15.5. The van der Waals surface area contributed by atoms with Crippen LogP contribution >= 0.6 is 0 Å². The number of carboxylic acids is 1. The summed E-state index contributed by atoms with van der Waals surface area (Å²) in [5, 5.41) is 11.6. The quantitative estimate of drug-likeness (QED) is 0.728. The minimum absolute atomic E-state index is 0.0592. The molecule has 19 heavy (non-hydrogen) atoms. The molecule has 2 amide bonds. The molecule has 2 atom stereocenters. The van der Waals surface area contributed by atoms with E-state index in [0.717, 1.165) is 0 Å². The molecule has 1 rings (SSSR count). The number of carbonyl (C=O) groups is 3. The van der Waals surface area contributed by atoms with Crippen LogP contribution < -0.4 is 5.32 Å². The molecule has 0 heterocycles. The smallest absolute Gasteiger partial charge is 0.307 e. The largest absolute Gasteiger partial charge is 0.481 e. The van der Waals surface area contributed by atoms with Crippen molar-refractivity contribution in [3.05, 3.63) is 0 Å². The van der Waals surface area contributed by atoms with Crippen LogP contribution in [0.4, 0.5) is 0 Å². The number of nitrogens with one attached hydrogen (secondary N) is 1. The minimum atomic E-state index is -0.915. The van der Waals surface area contributed by atoms with Crippen molar-refractivity contribution in [3.8, 4) is 0 Å². The fourth-order valence-electron chi connectivity index (χ4n) is 2.51. The molecule has 1 saturated carbocycles. The van der Waals surface area contributed by atoms with Gasteiger partial charge in [-0.05, 0) is 11.8 Å². The maximum Gasteiger partial charge on any atom is 0.307 e. The monoisotopic (exact) mass is 270 g/mol. The molecule has 0 unspecified atom stereocenters. The second-order valence-corrected chi connectivity index (χ2v) is 5.65. The van der Waals surface area contributed by atoms with Crippen LogP contribution in [0.25, 0.3) is 0 Å². The van der Waals surface area contributed by atoms with Crippen molar-refractivity contribution in [2.45, 2.75) is 26.7 Å². The van der Waals surface area contributed by atoms with Gasteiger partial charge in [0.2, 0.25) is 11.8 Å². The van der Waals surface area contributed by atoms with Gasteiger partial charge in [-0.3, -0.25) is 14.4 Å². The van der Waals surface area contributed by atoms with E-state index in [1.54, 1.807) is 27.9 Å². The van der Waals surface area contributed by atoms with Crippen LogP contribution in [0.3, 0.4) is 0 Å². The predicted octanol–water partition coefficient (Wildman–Crippen LogP) is 0.328. The molecule has 6 heteroatoms. The van der Waals surface area contributed by atoms with E-state index in [1.807, 2.05) is 0 Å². The summed E-state index contributed by atoms with van der Waals surface area (Å²) >= 11 is 0. The second-order valence-electron chi connectivity index (χ2n) is 5.65. The Morgan fingerprint density at radius 3 is 2.26 bits per heavy atom. The highest BCUT2D eigenvalue weighted by atomic mass is 16.4. The molecule has 0 aromatic carbocycles. The third-order valence-electron chi connectivity index (χ3n) is 3.91. The van der Waals surface area contributed by atoms with E-state index in [4.69, 9.17) is 5.11 Å². The first-order valence-corrected chi connectivity index (χ1v) is 6.41. The van der Waals surface area contributed by atoms with Gasteiger partial charge in [0.05, 0.1) is 11.8 Å². The van der Waals surface area contributed by atoms with Crippen molar-refractivity contribution in [1.82, 2.24) is 10.2 Å². The van der Waals surface area contributed by atoms with Crippen molar-refractivity contribution in [2.75, 3.05) is 20.6 Å². The van der Waals surface area contributed by atoms with Crippen molar-refractivity contribution in [3.63, 3.8) is 0 Å². The van der Waals surface area contributed by atoms with Gasteiger partial charge in [0.15, 0.2) is 0 Å². The molecule has 2 N–H and O–H groups in total. The van der Waals surface area contributed by atoms with Gasteiger partial charge in [0.1, 0.15) is 0 Å². The number of nitrogens with zero attached hydrogens (tertiary/aromatic N) is 1. The van der Waals surface area contributed by atoms with Crippen LogP contribution in [-0.2, 0) is 14.4 Å². The fourth-order valence-corrected chi connectivity index (χ4v) is 2.51. The van der Waals surface area contributed by atoms with Crippen molar-refractivity contribution in [1.29, 1.82) is 0 Å². The van der Waals surface area contributed by atoms with Crippen LogP contribution in [0.5, 0.6) is 0 Å². The number of hydrogen-bond acceptors (Lipinski definition) is 3. The van der Waals surface area contributed by atoms with E-state index in [1.165, 1.54) is 4.90 Å². The number of aliphatic carboxylic acids is 1. The highest BCUT2D eigenvalue weighted by Crippen LogP contribution is 2.58. The molecule has 0 aromatic rings. The third kappa shape index (κ3) is 3.24. The molecule has 0 aliphatic heterocycles. The van der Waals surface area contributed by atoms with Gasteiger partial charge in [0.25, 0.3) is 0 Å². The van der Waals surface area contributed by atoms with Crippen LogP contribution in [0.15, 0.2) is 0 Å². The fraction of sp³-hybridized carbons (Fsp3) is 0.769. The van der Waals surface area contributed by atoms with Gasteiger partial charge in [-0.15, -0.1) is 0 Å². The second kappa shape index (κ2) is 5.59. The number of amides is 2. The zero-order valence-corrected chi connectivity index (χ0v) is 11.9. The molecule has 0 aromatic heterocycles. The van der Waals surface area contributed by atoms with Gasteiger partial charge in [0, 0.05) is 27.1 Å². The summed E-state index contributed by atoms with van der Waals surface area (Å²) in [5.41, 5.74) is -0.474. The van der Waals surface area contributed by atoms with E-state index in [0.29, 0.717) is 19.4 Å². The summed E-state index contributed by atoms with van der Waals surface area (Å²) in [6, 6.07) is 0. The normalized spacial score (nSPS) is 23.6. The molecule has 6 nitrogen and oxygen atoms in total. The SMILES string of the molecule is CNC(=O)CCCN(C)C(=O)[C@@H]1[C@H](C(=O)O)C1(C)C. The summed E-state index contributed by atoms with van der Waals surface area (Å²) < 4.78 is 0. The summed E-state index contributed by atoms with van der Waals surface area (Å²) in [7, 11) is 3.22. The lowest BCUT2D eigenvalue weighted by Crippen LogP contribution is -2.31. The van der Waals surface area contributed by atoms with E-state index < -0.39 is 23.2 Å². The lowest BCUT2D eigenvalue weighted by Gasteiger charge is -2.17. The average molecular weight is 270 g/mol. The Kier molecular flexibility index (Phi) is 4.55. The molecule has 1 aliphatic carbocycles. The number of carbonyl (C=O) groups excluding carboxylic acids is 2. The van der Waals surface area contributed by atoms with E-state index in [9.17, 15) is 14.4 Å². The predicted molar refractivity (Wildman–Crippen MR) is 69.3 cm³/mol. The molecule has 1 aliphatic rings. The summed E-state index contributed by atoms with van der Waals surface area (Å²) in [6.07, 6.45) is 0.942. The Morgan fingerprint density at radius 2 is 1.84 bits per heavy atom. The molecule has 108 valence electrons. The van der Waals surface area contributed by atoms with Gasteiger partial charge in [-0.2, -0.15) is 0 Å². The average Bonchev–Trinajstić information content (AvgIpc) is 2.90. The number of hydrogen-bond donors (Lipinski definition) is 2. The zero-order chi connectivity index (χ0) is 14.8. The van der Waals surface area contributed by atoms with Gasteiger partial charge >= 0.3 is 5.97 Å². The van der Waals surface area contributed by atoms with E-state index in [-0.39, 0.29) is 11.8 Å². The first-order valence-electron chi connectivity index (χ1n) is 6.41. The van der Waals surface area contributed by atoms with Crippen molar-refractivity contribution < 1.29 is 19.5 Å². The van der Waals surface area contributed by atoms with Gasteiger partial charge in [-0.25, -0.2) is 0 Å². The topological polar surface area (TPSA) is 86.7 Å². The maximum absolute atomic E-state index is 12.1. The Balaban J connectivity index is 2.46. The number of rotatable bonds is 6. The maximum atomic E-state index is 12.1. The standard InChI is InChI=1S/C13H22N2O4/c1-13(2)9(10(13)12(18)19)11(17)15(4)7-5-6-8(16)14-3/h9-10H,5-7H2,1-4H3,(H,14,16)(H,18,19)/t9-,10+/m0/s1. The Bertz CT molecular complexity index is 392. The highest BCUT2D eigenvalue weighted by Gasteiger charge is 2.66. The molecule has 0 saturated heterocycles. The summed E-state index contributed by atoms with van der Waals surface area (Å²) in [6.45, 7) is 4.06. The third-order valence-corrected chi connectivity index (χ3v) is 3.91. The first-order chi connectivity index (χ1) is 8.73. The Hall–Kier alpha value is -1.59. The summed E-state index contributed by atoms with van der Waals surface area (Å²) in [4.78, 5) is 35.8. The van der Waals surface area contributed by atoms with E-state index >= 15 is 0 Å². The van der Waals surface area contributed by atoms with Crippen LogP contribution in [0, 0.1) is 17.3 Å². The summed E-state index contributed by atoms with van der Waals surface area (Å²) in [5.74, 6) is -2.16. The lowest BCUT2D eigenvalue weighted by molar-refractivity contribution is -0.141. The number of carboxylic acid groups (broad SMARTS) is 1. The van der Waals surface area contributed by atoms with Gasteiger partial charge < -0.3 is 15.3 Å². The molecule has 0 bridgehead atoms. The molecular formula is C13H22N2O4. The molecule has 1 fully saturated rings. The van der Waals surface area contributed by atoms with E-state index in [2.05, 4.69) is 5.32 Å². The molecular weight excluding hydrogens is 248 g/mol. The minimum Gasteiger partial charge on any atom is -0.481 e. The van der Waals surface area contributed by atoms with Crippen molar-refractivity contribution in [2.24, 2.45) is 17.3 Å². The Labute approximate surface area is 113 Å². The van der Waals surface area contributed by atoms with Crippen LogP contribution in [-0.4, -0.2) is 48.4 Å². The molecule has 0 spiro atoms. The van der Waals surface area contributed by atoms with Crippen LogP contribution in [0.1, 0.15) is 26.7 Å². The van der Waals surface area contributed by atoms with Gasteiger partial charge in [-0.1, -0.05) is 13.8 Å². The Morgan fingerprint density at radius 1 is 1.26 bits per heavy atom. The lowest BCUT2D eigenvalue weighted by atomic mass is 10.1. The van der Waals surface area contributed by atoms with Crippen molar-refractivity contribution >= 4 is 17.8 Å². The zero-order valence-electron chi connectivity index (χ0n) is 11.9. The van der Waals surface area contributed by atoms with Crippen LogP contribution in [0.2, 0.25) is 0 Å². The highest BCUT2D eigenvalue weighted by molar-refractivity contribution is 5.91.